The van der Waals surface area contributed by atoms with Gasteiger partial charge in [0.1, 0.15) is 6.04 Å². The lowest BCUT2D eigenvalue weighted by Gasteiger charge is -2.20. The Kier molecular flexibility index (Phi) is 5.43. The van der Waals surface area contributed by atoms with Crippen molar-refractivity contribution in [2.45, 2.75) is 25.9 Å². The van der Waals surface area contributed by atoms with Gasteiger partial charge < -0.3 is 4.74 Å². The topological polar surface area (TPSA) is 38.3 Å². The molecule has 5 heteroatoms. The molecule has 0 aliphatic heterocycles. The molecular formula is C12H15BrClNO2. The smallest absolute Gasteiger partial charge is 0.327 e. The maximum atomic E-state index is 11.8. The Morgan fingerprint density at radius 3 is 2.65 bits per heavy atom. The van der Waals surface area contributed by atoms with E-state index in [0.29, 0.717) is 5.02 Å². The Hall–Kier alpha value is -0.580. The van der Waals surface area contributed by atoms with Crippen LogP contribution in [-0.2, 0) is 9.53 Å². The van der Waals surface area contributed by atoms with E-state index in [9.17, 15) is 4.79 Å². The minimum Gasteiger partial charge on any atom is -0.468 e. The molecule has 0 radical (unpaired) electrons. The van der Waals surface area contributed by atoms with Crippen molar-refractivity contribution >= 4 is 33.5 Å². The number of ether oxygens (including phenoxy) is 1. The second kappa shape index (κ2) is 6.38. The van der Waals surface area contributed by atoms with Crippen LogP contribution >= 0.6 is 27.5 Å². The first kappa shape index (κ1) is 14.5. The molecule has 3 nitrogen and oxygen atoms in total. The lowest BCUT2D eigenvalue weighted by Crippen LogP contribution is -2.34. The van der Waals surface area contributed by atoms with Crippen LogP contribution in [0.25, 0.3) is 0 Å². The first-order valence-electron chi connectivity index (χ1n) is 5.24. The average molecular weight is 321 g/mol. The number of rotatable bonds is 4. The molecule has 0 fully saturated rings. The van der Waals surface area contributed by atoms with Crippen molar-refractivity contribution in [2.75, 3.05) is 7.11 Å². The van der Waals surface area contributed by atoms with E-state index in [1.807, 2.05) is 19.9 Å². The van der Waals surface area contributed by atoms with Gasteiger partial charge in [-0.3, -0.25) is 5.32 Å². The Labute approximate surface area is 115 Å². The molecule has 0 saturated heterocycles. The molecule has 1 atom stereocenters. The summed E-state index contributed by atoms with van der Waals surface area (Å²) >= 11 is 9.36. The van der Waals surface area contributed by atoms with Gasteiger partial charge in [-0.05, 0) is 37.6 Å². The Bertz CT molecular complexity index is 409. The van der Waals surface area contributed by atoms with Crippen LogP contribution in [0.5, 0.6) is 0 Å². The van der Waals surface area contributed by atoms with Gasteiger partial charge in [0, 0.05) is 15.5 Å². The number of halogens is 2. The van der Waals surface area contributed by atoms with Crippen LogP contribution in [0.4, 0.5) is 0 Å². The van der Waals surface area contributed by atoms with E-state index in [-0.39, 0.29) is 12.0 Å². The predicted molar refractivity (Wildman–Crippen MR) is 72.2 cm³/mol. The van der Waals surface area contributed by atoms with Gasteiger partial charge >= 0.3 is 5.97 Å². The Balaban J connectivity index is 3.11. The standard InChI is InChI=1S/C12H15BrClNO2/c1-7(2)15-11(12(16)17-3)9-6-8(14)4-5-10(9)13/h4-7,11,15H,1-3H3. The SMILES string of the molecule is COC(=O)C(NC(C)C)c1cc(Cl)ccc1Br. The highest BCUT2D eigenvalue weighted by molar-refractivity contribution is 9.10. The second-order valence-corrected chi connectivity index (χ2v) is 5.23. The zero-order chi connectivity index (χ0) is 13.0. The summed E-state index contributed by atoms with van der Waals surface area (Å²) in [7, 11) is 1.37. The molecule has 0 heterocycles. The van der Waals surface area contributed by atoms with Crippen molar-refractivity contribution < 1.29 is 9.53 Å². The van der Waals surface area contributed by atoms with E-state index in [2.05, 4.69) is 21.2 Å². The maximum absolute atomic E-state index is 11.8. The van der Waals surface area contributed by atoms with Gasteiger partial charge in [-0.15, -0.1) is 0 Å². The van der Waals surface area contributed by atoms with E-state index in [1.165, 1.54) is 7.11 Å². The third kappa shape index (κ3) is 3.98. The molecule has 0 bridgehead atoms. The van der Waals surface area contributed by atoms with Crippen molar-refractivity contribution in [3.05, 3.63) is 33.3 Å². The van der Waals surface area contributed by atoms with Gasteiger partial charge in [-0.25, -0.2) is 4.79 Å². The number of carbonyl (C=O) groups excluding carboxylic acids is 1. The van der Waals surface area contributed by atoms with Gasteiger partial charge in [0.2, 0.25) is 0 Å². The summed E-state index contributed by atoms with van der Waals surface area (Å²) in [5.41, 5.74) is 0.776. The molecule has 1 aromatic rings. The van der Waals surface area contributed by atoms with Gasteiger partial charge in [0.25, 0.3) is 0 Å². The summed E-state index contributed by atoms with van der Waals surface area (Å²) in [5, 5.41) is 3.74. The highest BCUT2D eigenvalue weighted by Crippen LogP contribution is 2.27. The molecule has 0 aromatic heterocycles. The van der Waals surface area contributed by atoms with Crippen LogP contribution in [0.1, 0.15) is 25.5 Å². The summed E-state index contributed by atoms with van der Waals surface area (Å²) in [4.78, 5) is 11.8. The predicted octanol–water partition coefficient (Wildman–Crippen LogP) is 3.31. The van der Waals surface area contributed by atoms with Gasteiger partial charge in [-0.1, -0.05) is 27.5 Å². The average Bonchev–Trinajstić information content (AvgIpc) is 2.28. The van der Waals surface area contributed by atoms with Crippen molar-refractivity contribution in [3.63, 3.8) is 0 Å². The molecule has 0 spiro atoms. The van der Waals surface area contributed by atoms with Crippen molar-refractivity contribution in [3.8, 4) is 0 Å². The van der Waals surface area contributed by atoms with Gasteiger partial charge in [-0.2, -0.15) is 0 Å². The molecule has 94 valence electrons. The minimum absolute atomic E-state index is 0.157. The number of benzene rings is 1. The fraction of sp³-hybridized carbons (Fsp3) is 0.417. The normalized spacial score (nSPS) is 12.6. The largest absolute Gasteiger partial charge is 0.468 e. The summed E-state index contributed by atoms with van der Waals surface area (Å²) < 4.78 is 5.62. The number of carbonyl (C=O) groups is 1. The highest BCUT2D eigenvalue weighted by Gasteiger charge is 2.24. The monoisotopic (exact) mass is 319 g/mol. The Morgan fingerprint density at radius 2 is 2.12 bits per heavy atom. The molecule has 1 rings (SSSR count). The quantitative estimate of drug-likeness (QED) is 0.865. The minimum atomic E-state index is -0.520. The third-order valence-corrected chi connectivity index (χ3v) is 3.16. The van der Waals surface area contributed by atoms with Gasteiger partial charge in [0.15, 0.2) is 0 Å². The van der Waals surface area contributed by atoms with Crippen molar-refractivity contribution in [1.82, 2.24) is 5.32 Å². The van der Waals surface area contributed by atoms with E-state index in [1.54, 1.807) is 12.1 Å². The maximum Gasteiger partial charge on any atom is 0.327 e. The number of hydrogen-bond donors (Lipinski definition) is 1. The molecule has 0 aliphatic rings. The van der Waals surface area contributed by atoms with Crippen molar-refractivity contribution in [2.24, 2.45) is 0 Å². The summed E-state index contributed by atoms with van der Waals surface area (Å²) in [6.07, 6.45) is 0. The molecular weight excluding hydrogens is 305 g/mol. The third-order valence-electron chi connectivity index (χ3n) is 2.21. The lowest BCUT2D eigenvalue weighted by molar-refractivity contribution is -0.143. The zero-order valence-electron chi connectivity index (χ0n) is 9.96. The van der Waals surface area contributed by atoms with E-state index in [0.717, 1.165) is 10.0 Å². The number of hydrogen-bond acceptors (Lipinski definition) is 3. The molecule has 0 amide bonds. The number of methoxy groups -OCH3 is 1. The first-order chi connectivity index (χ1) is 7.95. The van der Waals surface area contributed by atoms with Gasteiger partial charge in [0.05, 0.1) is 7.11 Å². The summed E-state index contributed by atoms with van der Waals surface area (Å²) in [6.45, 7) is 3.93. The van der Waals surface area contributed by atoms with Crippen molar-refractivity contribution in [1.29, 1.82) is 0 Å². The zero-order valence-corrected chi connectivity index (χ0v) is 12.3. The molecule has 1 aromatic carbocycles. The number of nitrogens with one attached hydrogen (secondary N) is 1. The van der Waals surface area contributed by atoms with Crippen LogP contribution in [0.3, 0.4) is 0 Å². The molecule has 17 heavy (non-hydrogen) atoms. The Morgan fingerprint density at radius 1 is 1.47 bits per heavy atom. The molecule has 1 unspecified atom stereocenters. The summed E-state index contributed by atoms with van der Waals surface area (Å²) in [5.74, 6) is -0.332. The first-order valence-corrected chi connectivity index (χ1v) is 6.41. The molecule has 1 N–H and O–H groups in total. The van der Waals surface area contributed by atoms with Crippen LogP contribution in [-0.4, -0.2) is 19.1 Å². The number of esters is 1. The van der Waals surface area contributed by atoms with E-state index in [4.69, 9.17) is 16.3 Å². The van der Waals surface area contributed by atoms with Crippen LogP contribution in [0.15, 0.2) is 22.7 Å². The lowest BCUT2D eigenvalue weighted by atomic mass is 10.1. The van der Waals surface area contributed by atoms with Crippen LogP contribution in [0.2, 0.25) is 5.02 Å². The fourth-order valence-electron chi connectivity index (χ4n) is 1.47. The van der Waals surface area contributed by atoms with E-state index < -0.39 is 6.04 Å². The molecule has 0 saturated carbocycles. The fourth-order valence-corrected chi connectivity index (χ4v) is 2.13. The summed E-state index contributed by atoms with van der Waals surface area (Å²) in [6, 6.07) is 4.97. The highest BCUT2D eigenvalue weighted by atomic mass is 79.9. The van der Waals surface area contributed by atoms with E-state index >= 15 is 0 Å². The second-order valence-electron chi connectivity index (χ2n) is 3.94. The van der Waals surface area contributed by atoms with Crippen LogP contribution in [0, 0.1) is 0 Å². The van der Waals surface area contributed by atoms with Crippen LogP contribution < -0.4 is 5.32 Å². The molecule has 0 aliphatic carbocycles.